The molecule has 1 aliphatic carbocycles. The lowest BCUT2D eigenvalue weighted by Crippen LogP contribution is -2.44. The summed E-state index contributed by atoms with van der Waals surface area (Å²) in [5.74, 6) is -2.59. The molecule has 9 nitrogen and oxygen atoms in total. The Morgan fingerprint density at radius 2 is 1.64 bits per heavy atom. The van der Waals surface area contributed by atoms with Crippen molar-refractivity contribution < 1.29 is 27.5 Å². The lowest BCUT2D eigenvalue weighted by Gasteiger charge is -2.24. The van der Waals surface area contributed by atoms with Gasteiger partial charge in [-0.15, -0.1) is 0 Å². The Bertz CT molecular complexity index is 1360. The number of likely N-dealkylation sites (tertiary alicyclic amines) is 1. The van der Waals surface area contributed by atoms with Crippen molar-refractivity contribution in [1.29, 1.82) is 0 Å². The molecule has 36 heavy (non-hydrogen) atoms. The molecule has 1 amide bonds. The first-order valence-corrected chi connectivity index (χ1v) is 11.4. The number of amides is 1. The second-order valence-electron chi connectivity index (χ2n) is 9.70. The molecule has 3 aliphatic rings. The molecule has 4 heterocycles. The summed E-state index contributed by atoms with van der Waals surface area (Å²) in [7, 11) is 0. The van der Waals surface area contributed by atoms with Gasteiger partial charge < -0.3 is 14.9 Å². The molecule has 1 N–H and O–H groups in total. The predicted molar refractivity (Wildman–Crippen MR) is 117 cm³/mol. The summed E-state index contributed by atoms with van der Waals surface area (Å²) in [6.07, 6.45) is 3.38. The lowest BCUT2D eigenvalue weighted by molar-refractivity contribution is 0.0491. The highest BCUT2D eigenvalue weighted by Gasteiger charge is 2.67. The van der Waals surface area contributed by atoms with Crippen LogP contribution >= 0.6 is 0 Å². The van der Waals surface area contributed by atoms with Gasteiger partial charge in [-0.1, -0.05) is 6.07 Å². The number of anilines is 1. The summed E-state index contributed by atoms with van der Waals surface area (Å²) in [6.45, 7) is -0.863. The van der Waals surface area contributed by atoms with Crippen molar-refractivity contribution in [2.75, 3.05) is 31.1 Å². The zero-order chi connectivity index (χ0) is 25.5. The number of aliphatic hydroxyl groups is 1. The monoisotopic (exact) mass is 503 g/mol. The average Bonchev–Trinajstić information content (AvgIpc) is 3.16. The molecule has 2 aliphatic heterocycles. The van der Waals surface area contributed by atoms with Crippen LogP contribution in [0.4, 0.5) is 23.5 Å². The second-order valence-corrected chi connectivity index (χ2v) is 9.70. The van der Waals surface area contributed by atoms with Crippen LogP contribution in [-0.2, 0) is 5.60 Å². The van der Waals surface area contributed by atoms with Crippen molar-refractivity contribution >= 4 is 11.9 Å². The first-order chi connectivity index (χ1) is 17.0. The Kier molecular flexibility index (Phi) is 4.72. The number of carbonyl (C=O) groups excluding carboxylic acids is 1. The van der Waals surface area contributed by atoms with E-state index in [1.807, 2.05) is 0 Å². The van der Waals surface area contributed by atoms with E-state index in [0.29, 0.717) is 12.8 Å². The summed E-state index contributed by atoms with van der Waals surface area (Å²) in [6, 6.07) is 3.89. The Hall–Kier alpha value is -3.61. The van der Waals surface area contributed by atoms with Gasteiger partial charge >= 0.3 is 0 Å². The molecule has 3 aromatic rings. The third-order valence-electron chi connectivity index (χ3n) is 7.15. The Balaban J connectivity index is 1.28. The highest BCUT2D eigenvalue weighted by molar-refractivity contribution is 5.98. The van der Waals surface area contributed by atoms with Gasteiger partial charge in [0.2, 0.25) is 5.95 Å². The summed E-state index contributed by atoms with van der Waals surface area (Å²) < 4.78 is 61.3. The van der Waals surface area contributed by atoms with Crippen LogP contribution in [0.15, 0.2) is 30.6 Å². The van der Waals surface area contributed by atoms with E-state index in [4.69, 9.17) is 0 Å². The predicted octanol–water partition coefficient (Wildman–Crippen LogP) is 2.02. The van der Waals surface area contributed by atoms with Gasteiger partial charge in [0, 0.05) is 0 Å². The lowest BCUT2D eigenvalue weighted by atomic mass is 9.94. The third kappa shape index (κ3) is 3.29. The van der Waals surface area contributed by atoms with Crippen molar-refractivity contribution in [2.45, 2.75) is 36.7 Å². The van der Waals surface area contributed by atoms with Crippen LogP contribution in [0, 0.1) is 18.6 Å². The van der Waals surface area contributed by atoms with E-state index in [9.17, 15) is 18.7 Å². The fourth-order valence-corrected chi connectivity index (χ4v) is 5.01. The molecule has 0 spiro atoms. The minimum Gasteiger partial charge on any atom is -0.383 e. The number of hydrogen-bond acceptors (Lipinski definition) is 7. The number of halogens is 4. The Morgan fingerprint density at radius 1 is 1.00 bits per heavy atom. The number of alkyl halides is 2. The van der Waals surface area contributed by atoms with Crippen LogP contribution in [0.2, 0.25) is 0 Å². The minimum atomic E-state index is -2.50. The molecule has 0 bridgehead atoms. The molecular formula is C23H21F4N7O2. The Labute approximate surface area is 202 Å². The number of benzene rings is 1. The van der Waals surface area contributed by atoms with Crippen molar-refractivity contribution in [3.8, 4) is 5.69 Å². The summed E-state index contributed by atoms with van der Waals surface area (Å²) in [5.41, 5.74) is -6.96. The van der Waals surface area contributed by atoms with Gasteiger partial charge in [-0.05, 0) is 31.9 Å². The van der Waals surface area contributed by atoms with E-state index in [1.165, 1.54) is 36.4 Å². The average molecular weight is 503 g/mol. The number of nitrogens with zero attached hydrogens (tertiary/aromatic N) is 7. The van der Waals surface area contributed by atoms with E-state index in [-0.39, 0.29) is 23.0 Å². The van der Waals surface area contributed by atoms with Crippen LogP contribution in [-0.4, -0.2) is 78.4 Å². The van der Waals surface area contributed by atoms with Crippen LogP contribution in [0.5, 0.6) is 0 Å². The van der Waals surface area contributed by atoms with Crippen molar-refractivity contribution in [3.05, 3.63) is 59.2 Å². The van der Waals surface area contributed by atoms with Gasteiger partial charge in [0.15, 0.2) is 17.2 Å². The quantitative estimate of drug-likeness (QED) is 0.544. The fourth-order valence-electron chi connectivity index (χ4n) is 5.01. The van der Waals surface area contributed by atoms with E-state index in [2.05, 4.69) is 20.2 Å². The first-order valence-electron chi connectivity index (χ1n) is 11.4. The molecule has 2 aromatic heterocycles. The van der Waals surface area contributed by atoms with E-state index < -0.39 is 66.2 Å². The van der Waals surface area contributed by atoms with Crippen LogP contribution in [0.1, 0.15) is 34.6 Å². The van der Waals surface area contributed by atoms with Gasteiger partial charge in [-0.2, -0.15) is 15.0 Å². The van der Waals surface area contributed by atoms with E-state index in [0.717, 1.165) is 15.8 Å². The Morgan fingerprint density at radius 3 is 2.25 bits per heavy atom. The minimum absolute atomic E-state index is 0.0377. The molecule has 2 atom stereocenters. The summed E-state index contributed by atoms with van der Waals surface area (Å²) >= 11 is 0. The maximum atomic E-state index is 16.0. The molecular weight excluding hydrogens is 482 g/mol. The second kappa shape index (κ2) is 7.45. The van der Waals surface area contributed by atoms with Gasteiger partial charge in [-0.25, -0.2) is 27.5 Å². The number of fused-ring (bicyclic) bond motifs is 1. The van der Waals surface area contributed by atoms with E-state index in [1.54, 1.807) is 0 Å². The zero-order valence-electron chi connectivity index (χ0n) is 19.1. The smallest absolute Gasteiger partial charge is 0.259 e. The first kappa shape index (κ1) is 22.8. The highest BCUT2D eigenvalue weighted by Crippen LogP contribution is 2.48. The third-order valence-corrected chi connectivity index (χ3v) is 7.15. The summed E-state index contributed by atoms with van der Waals surface area (Å²) in [5, 5.41) is 18.2. The van der Waals surface area contributed by atoms with Crippen molar-refractivity contribution in [3.63, 3.8) is 0 Å². The topological polar surface area (TPSA) is 100 Å². The zero-order valence-corrected chi connectivity index (χ0v) is 19.1. The molecule has 0 unspecified atom stereocenters. The maximum absolute atomic E-state index is 16.0. The largest absolute Gasteiger partial charge is 0.383 e. The molecule has 2 saturated heterocycles. The number of carbonyl (C=O) groups is 1. The molecule has 6 rings (SSSR count). The van der Waals surface area contributed by atoms with E-state index >= 15 is 8.78 Å². The standard InChI is InChI=1S/C23H21F4N7O2/c1-13-17(25)18(21(36)5-6-21)31-20(30-13)33-11-22(26)9-32(10-23(22,27)12-33)19(35)16-14(24)3-2-4-15(16)34-28-7-8-29-34/h2-4,7-8,36H,5-6,9-12H2,1H3/t22-,23+. The van der Waals surface area contributed by atoms with Gasteiger partial charge in [-0.3, -0.25) is 4.79 Å². The molecule has 3 fully saturated rings. The van der Waals surface area contributed by atoms with Crippen LogP contribution in [0.3, 0.4) is 0 Å². The molecule has 188 valence electrons. The number of aryl methyl sites for hydroxylation is 1. The van der Waals surface area contributed by atoms with Gasteiger partial charge in [0.05, 0.1) is 44.3 Å². The molecule has 1 saturated carbocycles. The van der Waals surface area contributed by atoms with Gasteiger partial charge in [0.1, 0.15) is 28.4 Å². The van der Waals surface area contributed by atoms with Crippen molar-refractivity contribution in [2.24, 2.45) is 0 Å². The number of hydrogen-bond donors (Lipinski definition) is 1. The fraction of sp³-hybridized carbons (Fsp3) is 0.435. The molecule has 13 heteroatoms. The molecule has 1 aromatic carbocycles. The normalized spacial score (nSPS) is 26.4. The van der Waals surface area contributed by atoms with Crippen LogP contribution in [0.25, 0.3) is 5.69 Å². The SMILES string of the molecule is Cc1nc(N2C[C@]3(F)CN(C(=O)c4c(F)cccc4-n4nccn4)C[C@]3(F)C2)nc(C2(O)CC2)c1F. The van der Waals surface area contributed by atoms with Crippen LogP contribution < -0.4 is 4.90 Å². The molecule has 0 radical (unpaired) electrons. The summed E-state index contributed by atoms with van der Waals surface area (Å²) in [4.78, 5) is 24.7. The number of aromatic nitrogens is 5. The van der Waals surface area contributed by atoms with Crippen molar-refractivity contribution in [1.82, 2.24) is 29.9 Å². The van der Waals surface area contributed by atoms with Gasteiger partial charge in [0.25, 0.3) is 5.91 Å². The maximum Gasteiger partial charge on any atom is 0.259 e. The number of rotatable bonds is 4. The highest BCUT2D eigenvalue weighted by atomic mass is 19.2.